The minimum Gasteiger partial charge on any atom is -0.364 e. The van der Waals surface area contributed by atoms with Crippen molar-refractivity contribution in [3.63, 3.8) is 0 Å². The zero-order chi connectivity index (χ0) is 26.0. The van der Waals surface area contributed by atoms with Crippen LogP contribution >= 0.6 is 11.6 Å². The number of hydrogen-bond donors (Lipinski definition) is 3. The summed E-state index contributed by atoms with van der Waals surface area (Å²) in [5, 5.41) is 11.0. The number of carbonyl (C=O) groups is 3. The van der Waals surface area contributed by atoms with Gasteiger partial charge >= 0.3 is 6.03 Å². The van der Waals surface area contributed by atoms with Crippen LogP contribution in [0.1, 0.15) is 49.9 Å². The van der Waals surface area contributed by atoms with Gasteiger partial charge in [-0.2, -0.15) is 0 Å². The molecule has 4 N–H and O–H groups in total. The van der Waals surface area contributed by atoms with E-state index in [1.165, 1.54) is 24.3 Å². The van der Waals surface area contributed by atoms with Gasteiger partial charge in [-0.3, -0.25) is 19.5 Å². The van der Waals surface area contributed by atoms with Crippen molar-refractivity contribution in [2.75, 3.05) is 31.0 Å². The van der Waals surface area contributed by atoms with Gasteiger partial charge in [0.2, 0.25) is 5.78 Å². The lowest BCUT2D eigenvalue weighted by atomic mass is 9.82. The van der Waals surface area contributed by atoms with Crippen LogP contribution < -0.4 is 10.6 Å². The van der Waals surface area contributed by atoms with Gasteiger partial charge in [0.25, 0.3) is 5.91 Å². The summed E-state index contributed by atoms with van der Waals surface area (Å²) in [6.07, 6.45) is 2.33. The van der Waals surface area contributed by atoms with Gasteiger partial charge in [-0.05, 0) is 41.8 Å². The van der Waals surface area contributed by atoms with Crippen molar-refractivity contribution in [1.29, 1.82) is 0 Å². The summed E-state index contributed by atoms with van der Waals surface area (Å²) in [5.74, 6) is -0.814. The molecule has 1 fully saturated rings. The fraction of sp³-hybridized carbons (Fsp3) is 0.308. The highest BCUT2D eigenvalue weighted by Gasteiger charge is 2.45. The second kappa shape index (κ2) is 8.69. The largest absolute Gasteiger partial charge is 0.364 e. The minimum atomic E-state index is -1.19. The lowest BCUT2D eigenvalue weighted by Crippen LogP contribution is -2.33. The minimum absolute atomic E-state index is 0.154. The molecule has 1 saturated heterocycles. The van der Waals surface area contributed by atoms with Gasteiger partial charge in [0, 0.05) is 78.0 Å². The Kier molecular flexibility index (Phi) is 5.55. The van der Waals surface area contributed by atoms with E-state index in [1.807, 2.05) is 12.1 Å². The Bertz CT molecular complexity index is 1510. The topological polar surface area (TPSA) is 142 Å². The average Bonchev–Trinajstić information content (AvgIpc) is 3.62. The van der Waals surface area contributed by atoms with Gasteiger partial charge < -0.3 is 25.5 Å². The molecule has 3 amide bonds. The Morgan fingerprint density at radius 2 is 2.14 bits per heavy atom. The van der Waals surface area contributed by atoms with Crippen LogP contribution in [0, 0.1) is 5.92 Å². The number of rotatable bonds is 4. The summed E-state index contributed by atoms with van der Waals surface area (Å²) in [7, 11) is 1.37. The van der Waals surface area contributed by atoms with E-state index in [1.54, 1.807) is 17.0 Å². The van der Waals surface area contributed by atoms with Gasteiger partial charge in [-0.15, -0.1) is 11.6 Å². The van der Waals surface area contributed by atoms with E-state index in [0.29, 0.717) is 42.0 Å². The first kappa shape index (κ1) is 23.7. The molecule has 37 heavy (non-hydrogen) atoms. The molecule has 1 aliphatic carbocycles. The number of ether oxygens (including phenoxy) is 1. The number of halogens is 1. The number of nitrogens with one attached hydrogen (secondary N) is 1. The summed E-state index contributed by atoms with van der Waals surface area (Å²) in [5.41, 5.74) is 10.2. The number of amides is 3. The molecule has 2 aliphatic heterocycles. The highest BCUT2D eigenvalue weighted by molar-refractivity contribution is 6.18. The fourth-order valence-electron chi connectivity index (χ4n) is 5.79. The lowest BCUT2D eigenvalue weighted by molar-refractivity contribution is -0.0772. The number of aromatic amines is 1. The quantitative estimate of drug-likeness (QED) is 0.356. The smallest absolute Gasteiger partial charge is 0.319 e. The number of methoxy groups -OCH3 is 1. The maximum absolute atomic E-state index is 13.8. The highest BCUT2D eigenvalue weighted by Crippen LogP contribution is 2.46. The Labute approximate surface area is 216 Å². The number of benzene rings is 1. The molecule has 0 spiro atoms. The Balaban J connectivity index is 1.38. The van der Waals surface area contributed by atoms with Crippen molar-refractivity contribution in [2.45, 2.75) is 18.6 Å². The molecule has 10 nitrogen and oxygen atoms in total. The molecule has 0 saturated carbocycles. The van der Waals surface area contributed by atoms with E-state index in [0.717, 1.165) is 22.2 Å². The van der Waals surface area contributed by atoms with Crippen molar-refractivity contribution in [2.24, 2.45) is 11.7 Å². The summed E-state index contributed by atoms with van der Waals surface area (Å²) < 4.78 is 5.01. The van der Waals surface area contributed by atoms with Crippen molar-refractivity contribution >= 4 is 45.9 Å². The number of allylic oxidation sites excluding steroid dienone is 2. The molecule has 11 heteroatoms. The van der Waals surface area contributed by atoms with E-state index in [9.17, 15) is 19.5 Å². The zero-order valence-corrected chi connectivity index (χ0v) is 20.7. The van der Waals surface area contributed by atoms with Crippen LogP contribution in [0.15, 0.2) is 42.2 Å². The Morgan fingerprint density at radius 3 is 2.86 bits per heavy atom. The maximum atomic E-state index is 13.8. The van der Waals surface area contributed by atoms with Gasteiger partial charge in [0.15, 0.2) is 6.29 Å². The van der Waals surface area contributed by atoms with Crippen LogP contribution in [0.25, 0.3) is 10.9 Å². The number of hydrogen-bond acceptors (Lipinski definition) is 6. The summed E-state index contributed by atoms with van der Waals surface area (Å²) >= 11 is 6.35. The first-order valence-electron chi connectivity index (χ1n) is 11.9. The SMILES string of the molecule is COC(O)c1cnc2c(c1)C1C(=CC2=O)N(C(=O)c2cc3c4c(ccc3[nH]2)N(C(N)=O)CC4)C[C@H]1CCl. The second-order valence-corrected chi connectivity index (χ2v) is 9.79. The summed E-state index contributed by atoms with van der Waals surface area (Å²) in [6, 6.07) is 6.64. The number of aromatic nitrogens is 2. The molecular weight excluding hydrogens is 498 g/mol. The first-order valence-corrected chi connectivity index (χ1v) is 12.4. The Morgan fingerprint density at radius 1 is 1.32 bits per heavy atom. The predicted molar refractivity (Wildman–Crippen MR) is 136 cm³/mol. The molecule has 0 radical (unpaired) electrons. The van der Waals surface area contributed by atoms with Gasteiger partial charge in [0.1, 0.15) is 11.4 Å². The number of anilines is 1. The molecule has 4 heterocycles. The van der Waals surface area contributed by atoms with Gasteiger partial charge in [-0.1, -0.05) is 0 Å². The molecule has 0 bridgehead atoms. The van der Waals surface area contributed by atoms with E-state index in [4.69, 9.17) is 22.1 Å². The number of carbonyl (C=O) groups excluding carboxylic acids is 3. The van der Waals surface area contributed by atoms with Crippen LogP contribution in [0.3, 0.4) is 0 Å². The van der Waals surface area contributed by atoms with Crippen LogP contribution in [0.5, 0.6) is 0 Å². The average molecular weight is 522 g/mol. The lowest BCUT2D eigenvalue weighted by Gasteiger charge is -2.26. The van der Waals surface area contributed by atoms with Crippen molar-refractivity contribution in [3.05, 3.63) is 70.3 Å². The number of nitrogens with zero attached hydrogens (tertiary/aromatic N) is 3. The van der Waals surface area contributed by atoms with Gasteiger partial charge in [-0.25, -0.2) is 4.79 Å². The van der Waals surface area contributed by atoms with Crippen molar-refractivity contribution in [1.82, 2.24) is 14.9 Å². The number of primary amides is 1. The molecule has 1 aromatic carbocycles. The number of ketones is 1. The molecule has 2 unspecified atom stereocenters. The van der Waals surface area contributed by atoms with E-state index in [2.05, 4.69) is 9.97 Å². The van der Waals surface area contributed by atoms with Crippen LogP contribution in [0.2, 0.25) is 0 Å². The number of fused-ring (bicyclic) bond motifs is 6. The number of nitrogens with two attached hydrogens (primary N) is 1. The first-order chi connectivity index (χ1) is 17.8. The van der Waals surface area contributed by atoms with Gasteiger partial charge in [0.05, 0.1) is 0 Å². The normalized spacial score (nSPS) is 21.1. The molecule has 3 atom stereocenters. The third kappa shape index (κ3) is 3.55. The molecule has 3 aromatic rings. The third-order valence-electron chi connectivity index (χ3n) is 7.52. The maximum Gasteiger partial charge on any atom is 0.319 e. The van der Waals surface area contributed by atoms with Crippen LogP contribution in [-0.4, -0.2) is 63.8 Å². The second-order valence-electron chi connectivity index (χ2n) is 9.48. The number of aliphatic hydroxyl groups excluding tert-OH is 1. The van der Waals surface area contributed by atoms with E-state index in [-0.39, 0.29) is 35.1 Å². The Hall–Kier alpha value is -3.73. The zero-order valence-electron chi connectivity index (χ0n) is 19.9. The fourth-order valence-corrected chi connectivity index (χ4v) is 6.07. The van der Waals surface area contributed by atoms with Crippen molar-refractivity contribution < 1.29 is 24.2 Å². The summed E-state index contributed by atoms with van der Waals surface area (Å²) in [6.45, 7) is 0.817. The van der Waals surface area contributed by atoms with E-state index < -0.39 is 12.3 Å². The number of urea groups is 1. The monoisotopic (exact) mass is 521 g/mol. The molecule has 6 rings (SSSR count). The number of pyridine rings is 1. The standard InChI is InChI=1S/C26H24ClN5O5/c1-37-25(35)12-6-16-22-13(9-27)11-32(20(22)8-21(33)23(16)29-10-12)24(34)18-7-15-14-4-5-31(26(28)36)19(14)3-2-17(15)30-18/h2-3,6-8,10,13,22,25,30,35H,4-5,9,11H2,1H3,(H2,28,36)/t13-,22?,25?/m1/s1. The number of H-pyrrole nitrogens is 1. The van der Waals surface area contributed by atoms with Crippen LogP contribution in [0.4, 0.5) is 10.5 Å². The molecular formula is C26H24ClN5O5. The van der Waals surface area contributed by atoms with Crippen molar-refractivity contribution in [3.8, 4) is 0 Å². The van der Waals surface area contributed by atoms with E-state index >= 15 is 0 Å². The highest BCUT2D eigenvalue weighted by atomic mass is 35.5. The molecule has 2 aromatic heterocycles. The molecule has 190 valence electrons. The number of aliphatic hydroxyl groups is 1. The molecule has 3 aliphatic rings. The predicted octanol–water partition coefficient (Wildman–Crippen LogP) is 2.82. The van der Waals surface area contributed by atoms with Crippen LogP contribution in [-0.2, 0) is 11.2 Å². The number of likely N-dealkylation sites (tertiary alicyclic amines) is 1. The number of alkyl halides is 1. The summed E-state index contributed by atoms with van der Waals surface area (Å²) in [4.78, 5) is 49.2. The third-order valence-corrected chi connectivity index (χ3v) is 7.92.